The number of rotatable bonds is 3. The van der Waals surface area contributed by atoms with E-state index in [4.69, 9.17) is 0 Å². The van der Waals surface area contributed by atoms with Gasteiger partial charge in [0.05, 0.1) is 0 Å². The van der Waals surface area contributed by atoms with Crippen molar-refractivity contribution < 1.29 is 4.79 Å². The topological polar surface area (TPSA) is 20.3 Å². The van der Waals surface area contributed by atoms with Crippen molar-refractivity contribution in [3.8, 4) is 0 Å². The fourth-order valence-corrected chi connectivity index (χ4v) is 2.31. The van der Waals surface area contributed by atoms with Crippen molar-refractivity contribution in [2.75, 3.05) is 0 Å². The second-order valence-corrected chi connectivity index (χ2v) is 4.89. The van der Waals surface area contributed by atoms with Gasteiger partial charge in [0.25, 0.3) is 0 Å². The van der Waals surface area contributed by atoms with Gasteiger partial charge in [-0.05, 0) is 26.3 Å². The Bertz CT molecular complexity index is 511. The van der Waals surface area contributed by atoms with Gasteiger partial charge in [-0.3, -0.25) is 4.79 Å². The molecule has 0 saturated carbocycles. The zero-order valence-corrected chi connectivity index (χ0v) is 11.2. The molecule has 2 heteroatoms. The van der Waals surface area contributed by atoms with E-state index in [1.54, 1.807) is 6.92 Å². The lowest BCUT2D eigenvalue weighted by Gasteiger charge is -2.29. The maximum atomic E-state index is 11.6. The third kappa shape index (κ3) is 2.70. The van der Waals surface area contributed by atoms with E-state index in [0.29, 0.717) is 0 Å². The Balaban J connectivity index is 2.26. The van der Waals surface area contributed by atoms with Crippen LogP contribution in [0.25, 0.3) is 0 Å². The van der Waals surface area contributed by atoms with Crippen LogP contribution in [0, 0.1) is 0 Å². The molecule has 0 fully saturated rings. The van der Waals surface area contributed by atoms with Crippen LogP contribution in [0.4, 0.5) is 0 Å². The Labute approximate surface area is 109 Å². The lowest BCUT2D eigenvalue weighted by molar-refractivity contribution is -0.113. The molecule has 0 saturated heterocycles. The van der Waals surface area contributed by atoms with Gasteiger partial charge in [-0.25, -0.2) is 0 Å². The van der Waals surface area contributed by atoms with E-state index in [2.05, 4.69) is 30.2 Å². The van der Waals surface area contributed by atoms with E-state index in [-0.39, 0.29) is 5.78 Å². The maximum Gasteiger partial charge on any atom is 0.157 e. The van der Waals surface area contributed by atoms with E-state index in [9.17, 15) is 4.79 Å². The van der Waals surface area contributed by atoms with Gasteiger partial charge in [-0.1, -0.05) is 35.9 Å². The average molecular weight is 241 g/mol. The molecule has 0 bridgehead atoms. The fourth-order valence-electron chi connectivity index (χ4n) is 2.31. The number of hydrogen-bond acceptors (Lipinski definition) is 2. The van der Waals surface area contributed by atoms with Crippen LogP contribution >= 0.6 is 0 Å². The third-order valence-electron chi connectivity index (χ3n) is 3.32. The minimum atomic E-state index is 0.179. The number of carbonyl (C=O) groups excluding carboxylic acids is 1. The van der Waals surface area contributed by atoms with Crippen LogP contribution < -0.4 is 0 Å². The van der Waals surface area contributed by atoms with Crippen molar-refractivity contribution in [2.24, 2.45) is 0 Å². The van der Waals surface area contributed by atoms with Crippen molar-refractivity contribution in [3.63, 3.8) is 0 Å². The van der Waals surface area contributed by atoms with Gasteiger partial charge >= 0.3 is 0 Å². The standard InChI is InChI=1S/C16H19NO/c1-12-9-16(14(3)18)13(2)17(10-12)11-15-7-5-4-6-8-15/h4-8,10H,9,11H2,1-3H3. The van der Waals surface area contributed by atoms with Crippen LogP contribution in [0.1, 0.15) is 32.8 Å². The molecule has 0 radical (unpaired) electrons. The monoisotopic (exact) mass is 241 g/mol. The zero-order valence-electron chi connectivity index (χ0n) is 11.2. The van der Waals surface area contributed by atoms with E-state index in [1.807, 2.05) is 25.1 Å². The predicted octanol–water partition coefficient (Wildman–Crippen LogP) is 3.66. The number of nitrogens with zero attached hydrogens (tertiary/aromatic N) is 1. The van der Waals surface area contributed by atoms with Gasteiger partial charge in [0.2, 0.25) is 0 Å². The molecule has 2 nitrogen and oxygen atoms in total. The molecule has 18 heavy (non-hydrogen) atoms. The van der Waals surface area contributed by atoms with Gasteiger partial charge < -0.3 is 4.90 Å². The lowest BCUT2D eigenvalue weighted by Crippen LogP contribution is -2.22. The second kappa shape index (κ2) is 5.21. The van der Waals surface area contributed by atoms with Crippen molar-refractivity contribution >= 4 is 5.78 Å². The molecule has 0 amide bonds. The second-order valence-electron chi connectivity index (χ2n) is 4.89. The molecule has 0 spiro atoms. The Morgan fingerprint density at radius 2 is 1.89 bits per heavy atom. The van der Waals surface area contributed by atoms with Crippen LogP contribution in [-0.4, -0.2) is 10.7 Å². The highest BCUT2D eigenvalue weighted by Gasteiger charge is 2.18. The quantitative estimate of drug-likeness (QED) is 0.805. The molecule has 1 aliphatic rings. The Morgan fingerprint density at radius 1 is 1.22 bits per heavy atom. The number of Topliss-reactive ketones (excluding diaryl/α,β-unsaturated/α-hetero) is 1. The molecular formula is C16H19NO. The minimum absolute atomic E-state index is 0.179. The SMILES string of the molecule is CC(=O)C1=C(C)N(Cc2ccccc2)C=C(C)C1. The Morgan fingerprint density at radius 3 is 2.50 bits per heavy atom. The molecule has 1 aromatic rings. The molecule has 1 aliphatic heterocycles. The normalized spacial score (nSPS) is 15.7. The van der Waals surface area contributed by atoms with E-state index < -0.39 is 0 Å². The molecule has 0 atom stereocenters. The number of allylic oxidation sites excluding steroid dienone is 3. The van der Waals surface area contributed by atoms with E-state index >= 15 is 0 Å². The summed E-state index contributed by atoms with van der Waals surface area (Å²) in [5, 5.41) is 0. The largest absolute Gasteiger partial charge is 0.347 e. The van der Waals surface area contributed by atoms with Gasteiger partial charge in [0.15, 0.2) is 5.78 Å². The molecule has 2 rings (SSSR count). The van der Waals surface area contributed by atoms with Crippen molar-refractivity contribution in [2.45, 2.75) is 33.7 Å². The Hall–Kier alpha value is -1.83. The molecule has 94 valence electrons. The summed E-state index contributed by atoms with van der Waals surface area (Å²) < 4.78 is 0. The lowest BCUT2D eigenvalue weighted by atomic mass is 9.98. The van der Waals surface area contributed by atoms with Crippen LogP contribution in [0.3, 0.4) is 0 Å². The van der Waals surface area contributed by atoms with Crippen LogP contribution in [0.5, 0.6) is 0 Å². The first-order valence-corrected chi connectivity index (χ1v) is 6.26. The van der Waals surface area contributed by atoms with Crippen LogP contribution in [0.2, 0.25) is 0 Å². The number of benzene rings is 1. The van der Waals surface area contributed by atoms with Gasteiger partial charge in [-0.2, -0.15) is 0 Å². The highest BCUT2D eigenvalue weighted by atomic mass is 16.1. The first kappa shape index (κ1) is 12.6. The summed E-state index contributed by atoms with van der Waals surface area (Å²) in [6, 6.07) is 10.3. The summed E-state index contributed by atoms with van der Waals surface area (Å²) in [4.78, 5) is 13.8. The first-order valence-electron chi connectivity index (χ1n) is 6.26. The maximum absolute atomic E-state index is 11.6. The Kier molecular flexibility index (Phi) is 3.66. The number of carbonyl (C=O) groups is 1. The first-order chi connectivity index (χ1) is 8.58. The number of hydrogen-bond donors (Lipinski definition) is 0. The zero-order chi connectivity index (χ0) is 13.1. The molecule has 1 aromatic carbocycles. The molecule has 0 unspecified atom stereocenters. The fraction of sp³-hybridized carbons (Fsp3) is 0.312. The molecule has 0 N–H and O–H groups in total. The summed E-state index contributed by atoms with van der Waals surface area (Å²) in [7, 11) is 0. The average Bonchev–Trinajstić information content (AvgIpc) is 2.34. The summed E-state index contributed by atoms with van der Waals surface area (Å²) in [5.41, 5.74) is 4.51. The van der Waals surface area contributed by atoms with E-state index in [0.717, 1.165) is 24.2 Å². The summed E-state index contributed by atoms with van der Waals surface area (Å²) in [6.07, 6.45) is 2.93. The van der Waals surface area contributed by atoms with Crippen molar-refractivity contribution in [1.82, 2.24) is 4.90 Å². The molecular weight excluding hydrogens is 222 g/mol. The summed E-state index contributed by atoms with van der Waals surface area (Å²) in [5.74, 6) is 0.179. The molecule has 0 aromatic heterocycles. The minimum Gasteiger partial charge on any atom is -0.347 e. The van der Waals surface area contributed by atoms with Gasteiger partial charge in [-0.15, -0.1) is 0 Å². The molecule has 0 aliphatic carbocycles. The van der Waals surface area contributed by atoms with Gasteiger partial charge in [0, 0.05) is 30.4 Å². The van der Waals surface area contributed by atoms with Gasteiger partial charge in [0.1, 0.15) is 0 Å². The van der Waals surface area contributed by atoms with Crippen molar-refractivity contribution in [1.29, 1.82) is 0 Å². The van der Waals surface area contributed by atoms with Crippen molar-refractivity contribution in [3.05, 3.63) is 58.9 Å². The smallest absolute Gasteiger partial charge is 0.157 e. The van der Waals surface area contributed by atoms with Crippen LogP contribution in [-0.2, 0) is 11.3 Å². The number of ketones is 1. The summed E-state index contributed by atoms with van der Waals surface area (Å²) in [6.45, 7) is 6.58. The van der Waals surface area contributed by atoms with Crippen LogP contribution in [0.15, 0.2) is 53.4 Å². The molecule has 1 heterocycles. The third-order valence-corrected chi connectivity index (χ3v) is 3.32. The highest BCUT2D eigenvalue weighted by Crippen LogP contribution is 2.26. The van der Waals surface area contributed by atoms with E-state index in [1.165, 1.54) is 11.1 Å². The summed E-state index contributed by atoms with van der Waals surface area (Å²) >= 11 is 0. The predicted molar refractivity (Wildman–Crippen MR) is 73.7 cm³/mol. The highest BCUT2D eigenvalue weighted by molar-refractivity contribution is 5.94.